The van der Waals surface area contributed by atoms with Crippen LogP contribution < -0.4 is 0 Å². The molecule has 1 amide bonds. The second kappa shape index (κ2) is 7.47. The number of hydrogen-bond acceptors (Lipinski definition) is 3. The molecule has 3 rings (SSSR count). The molecule has 5 nitrogen and oxygen atoms in total. The number of carboxylic acid groups (broad SMARTS) is 1. The summed E-state index contributed by atoms with van der Waals surface area (Å²) in [5, 5.41) is 9.05. The summed E-state index contributed by atoms with van der Waals surface area (Å²) in [4.78, 5) is 29.5. The van der Waals surface area contributed by atoms with E-state index in [4.69, 9.17) is 5.11 Å². The second-order valence-corrected chi connectivity index (χ2v) is 6.46. The Balaban J connectivity index is 1.76. The molecule has 130 valence electrons. The van der Waals surface area contributed by atoms with E-state index in [0.717, 1.165) is 12.8 Å². The zero-order valence-electron chi connectivity index (χ0n) is 14.3. The smallest absolute Gasteiger partial charge is 0.354 e. The summed E-state index contributed by atoms with van der Waals surface area (Å²) in [5.41, 5.74) is 1.62. The van der Waals surface area contributed by atoms with Crippen LogP contribution in [0.2, 0.25) is 0 Å². The van der Waals surface area contributed by atoms with E-state index in [1.807, 2.05) is 11.0 Å². The van der Waals surface area contributed by atoms with E-state index in [1.54, 1.807) is 6.07 Å². The van der Waals surface area contributed by atoms with E-state index in [0.29, 0.717) is 30.5 Å². The van der Waals surface area contributed by atoms with Gasteiger partial charge in [0.15, 0.2) is 0 Å². The lowest BCUT2D eigenvalue weighted by Gasteiger charge is -2.38. The van der Waals surface area contributed by atoms with E-state index in [1.165, 1.54) is 17.8 Å². The van der Waals surface area contributed by atoms with Gasteiger partial charge in [-0.3, -0.25) is 4.79 Å². The summed E-state index contributed by atoms with van der Waals surface area (Å²) < 4.78 is 0. The third-order valence-corrected chi connectivity index (χ3v) is 5.00. The molecule has 0 radical (unpaired) electrons. The Morgan fingerprint density at radius 3 is 2.68 bits per heavy atom. The van der Waals surface area contributed by atoms with Gasteiger partial charge in [-0.25, -0.2) is 9.78 Å². The number of amides is 1. The second-order valence-electron chi connectivity index (χ2n) is 6.46. The van der Waals surface area contributed by atoms with Gasteiger partial charge in [0, 0.05) is 24.8 Å². The molecular weight excluding hydrogens is 316 g/mol. The number of likely N-dealkylation sites (tertiary alicyclic amines) is 1. The molecule has 25 heavy (non-hydrogen) atoms. The minimum absolute atomic E-state index is 0.0999. The van der Waals surface area contributed by atoms with Crippen LogP contribution in [0.15, 0.2) is 48.7 Å². The van der Waals surface area contributed by atoms with Gasteiger partial charge in [0.05, 0.1) is 0 Å². The summed E-state index contributed by atoms with van der Waals surface area (Å²) in [6, 6.07) is 13.4. The minimum atomic E-state index is -1.12. The first-order valence-electron chi connectivity index (χ1n) is 8.63. The lowest BCUT2D eigenvalue weighted by atomic mass is 9.79. The highest BCUT2D eigenvalue weighted by molar-refractivity contribution is 5.96. The quantitative estimate of drug-likeness (QED) is 0.927. The van der Waals surface area contributed by atoms with Gasteiger partial charge in [-0.2, -0.15) is 0 Å². The molecule has 1 aromatic heterocycles. The summed E-state index contributed by atoms with van der Waals surface area (Å²) in [7, 11) is 0. The number of nitrogens with zero attached hydrogens (tertiary/aromatic N) is 2. The van der Waals surface area contributed by atoms with Crippen LogP contribution in [0, 0.1) is 5.92 Å². The number of carboxylic acids is 1. The van der Waals surface area contributed by atoms with Crippen LogP contribution in [0.4, 0.5) is 0 Å². The van der Waals surface area contributed by atoms with Gasteiger partial charge in [0.1, 0.15) is 5.69 Å². The van der Waals surface area contributed by atoms with Crippen molar-refractivity contribution in [1.82, 2.24) is 9.88 Å². The number of pyridine rings is 1. The van der Waals surface area contributed by atoms with Crippen molar-refractivity contribution in [3.05, 3.63) is 65.5 Å². The highest BCUT2D eigenvalue weighted by Gasteiger charge is 2.31. The molecule has 0 saturated carbocycles. The monoisotopic (exact) mass is 338 g/mol. The van der Waals surface area contributed by atoms with Crippen molar-refractivity contribution in [2.24, 2.45) is 5.92 Å². The molecule has 5 heteroatoms. The fourth-order valence-corrected chi connectivity index (χ4v) is 3.63. The molecule has 1 aliphatic rings. The van der Waals surface area contributed by atoms with Crippen molar-refractivity contribution in [1.29, 1.82) is 0 Å². The Kier molecular flexibility index (Phi) is 5.12. The van der Waals surface area contributed by atoms with Crippen LogP contribution in [0.3, 0.4) is 0 Å². The van der Waals surface area contributed by atoms with E-state index in [2.05, 4.69) is 36.2 Å². The van der Waals surface area contributed by atoms with Gasteiger partial charge in [-0.15, -0.1) is 0 Å². The van der Waals surface area contributed by atoms with E-state index < -0.39 is 5.97 Å². The SMILES string of the molecule is CCC1CN(C(=O)c2ccnc(C(=O)O)c2)CCC1c1ccccc1. The maximum Gasteiger partial charge on any atom is 0.354 e. The van der Waals surface area contributed by atoms with Crippen molar-refractivity contribution in [3.63, 3.8) is 0 Å². The molecule has 0 bridgehead atoms. The highest BCUT2D eigenvalue weighted by Crippen LogP contribution is 2.35. The first-order chi connectivity index (χ1) is 12.1. The Morgan fingerprint density at radius 1 is 1.24 bits per heavy atom. The summed E-state index contributed by atoms with van der Waals surface area (Å²) >= 11 is 0. The molecule has 2 unspecified atom stereocenters. The van der Waals surface area contributed by atoms with E-state index in [9.17, 15) is 9.59 Å². The number of hydrogen-bond donors (Lipinski definition) is 1. The lowest BCUT2D eigenvalue weighted by molar-refractivity contribution is 0.0645. The number of carbonyl (C=O) groups excluding carboxylic acids is 1. The van der Waals surface area contributed by atoms with Gasteiger partial charge < -0.3 is 10.0 Å². The highest BCUT2D eigenvalue weighted by atomic mass is 16.4. The maximum absolute atomic E-state index is 12.8. The summed E-state index contributed by atoms with van der Waals surface area (Å²) in [5.74, 6) is -0.373. The van der Waals surface area contributed by atoms with Crippen molar-refractivity contribution in [2.45, 2.75) is 25.7 Å². The average molecular weight is 338 g/mol. The molecule has 0 spiro atoms. The Hall–Kier alpha value is -2.69. The molecule has 2 aromatic rings. The van der Waals surface area contributed by atoms with Crippen molar-refractivity contribution >= 4 is 11.9 Å². The van der Waals surface area contributed by atoms with Gasteiger partial charge in [-0.1, -0.05) is 43.7 Å². The molecule has 1 N–H and O–H groups in total. The van der Waals surface area contributed by atoms with Crippen molar-refractivity contribution in [2.75, 3.05) is 13.1 Å². The molecule has 1 aromatic carbocycles. The molecular formula is C20H22N2O3. The number of aromatic nitrogens is 1. The van der Waals surface area contributed by atoms with Gasteiger partial charge in [-0.05, 0) is 36.0 Å². The number of aromatic carboxylic acids is 1. The molecule has 1 aliphatic heterocycles. The Morgan fingerprint density at radius 2 is 2.00 bits per heavy atom. The first kappa shape index (κ1) is 17.1. The van der Waals surface area contributed by atoms with Crippen molar-refractivity contribution in [3.8, 4) is 0 Å². The minimum Gasteiger partial charge on any atom is -0.477 e. The summed E-state index contributed by atoms with van der Waals surface area (Å²) in [6.45, 7) is 3.53. The summed E-state index contributed by atoms with van der Waals surface area (Å²) in [6.07, 6.45) is 3.30. The third kappa shape index (κ3) is 3.71. The number of piperidine rings is 1. The number of benzene rings is 1. The zero-order valence-corrected chi connectivity index (χ0v) is 14.3. The van der Waals surface area contributed by atoms with Gasteiger partial charge in [0.25, 0.3) is 5.91 Å². The molecule has 2 atom stereocenters. The van der Waals surface area contributed by atoms with Crippen LogP contribution in [0.5, 0.6) is 0 Å². The predicted octanol–water partition coefficient (Wildman–Crippen LogP) is 3.44. The van der Waals surface area contributed by atoms with Gasteiger partial charge in [0.2, 0.25) is 0 Å². The molecule has 2 heterocycles. The zero-order chi connectivity index (χ0) is 17.8. The fourth-order valence-electron chi connectivity index (χ4n) is 3.63. The maximum atomic E-state index is 12.8. The Bertz CT molecular complexity index is 761. The van der Waals surface area contributed by atoms with Crippen LogP contribution in [-0.4, -0.2) is 40.0 Å². The van der Waals surface area contributed by atoms with Gasteiger partial charge >= 0.3 is 5.97 Å². The predicted molar refractivity (Wildman–Crippen MR) is 94.7 cm³/mol. The fraction of sp³-hybridized carbons (Fsp3) is 0.350. The molecule has 1 fully saturated rings. The van der Waals surface area contributed by atoms with Crippen molar-refractivity contribution < 1.29 is 14.7 Å². The van der Waals surface area contributed by atoms with E-state index >= 15 is 0 Å². The third-order valence-electron chi connectivity index (χ3n) is 5.00. The molecule has 0 aliphatic carbocycles. The number of carbonyl (C=O) groups is 2. The topological polar surface area (TPSA) is 70.5 Å². The van der Waals surface area contributed by atoms with E-state index in [-0.39, 0.29) is 11.6 Å². The van der Waals surface area contributed by atoms with Crippen LogP contribution in [0.1, 0.15) is 52.1 Å². The molecule has 1 saturated heterocycles. The largest absolute Gasteiger partial charge is 0.477 e. The lowest BCUT2D eigenvalue weighted by Crippen LogP contribution is -2.43. The standard InChI is InChI=1S/C20H22N2O3/c1-2-14-13-22(11-9-17(14)15-6-4-3-5-7-15)19(23)16-8-10-21-18(12-16)20(24)25/h3-8,10,12,14,17H,2,9,11,13H2,1H3,(H,24,25). The average Bonchev–Trinajstić information content (AvgIpc) is 2.67. The Labute approximate surface area is 147 Å². The normalized spacial score (nSPS) is 20.3. The van der Waals surface area contributed by atoms with Crippen LogP contribution >= 0.6 is 0 Å². The first-order valence-corrected chi connectivity index (χ1v) is 8.63. The van der Waals surface area contributed by atoms with Crippen LogP contribution in [0.25, 0.3) is 0 Å². The van der Waals surface area contributed by atoms with Crippen LogP contribution in [-0.2, 0) is 0 Å². The number of rotatable bonds is 4.